The molecular formula is C31H34F6N2O2. The van der Waals surface area contributed by atoms with Gasteiger partial charge in [0.2, 0.25) is 5.91 Å². The summed E-state index contributed by atoms with van der Waals surface area (Å²) in [5.74, 6) is -0.808. The maximum absolute atomic E-state index is 13.6. The van der Waals surface area contributed by atoms with Gasteiger partial charge in [-0.3, -0.25) is 9.59 Å². The maximum atomic E-state index is 13.6. The molecule has 0 radical (unpaired) electrons. The zero-order chi connectivity index (χ0) is 29.9. The van der Waals surface area contributed by atoms with Gasteiger partial charge < -0.3 is 9.80 Å². The zero-order valence-electron chi connectivity index (χ0n) is 23.1. The van der Waals surface area contributed by atoms with E-state index < -0.39 is 41.0 Å². The van der Waals surface area contributed by atoms with Gasteiger partial charge in [0.25, 0.3) is 5.91 Å². The molecule has 1 unspecified atom stereocenters. The summed E-state index contributed by atoms with van der Waals surface area (Å²) in [6.45, 7) is 4.08. The number of piperazine rings is 1. The molecule has 222 valence electrons. The molecule has 0 spiro atoms. The number of amides is 2. The lowest BCUT2D eigenvalue weighted by molar-refractivity contribution is -0.143. The van der Waals surface area contributed by atoms with Crippen LogP contribution >= 0.6 is 0 Å². The largest absolute Gasteiger partial charge is 0.416 e. The summed E-state index contributed by atoms with van der Waals surface area (Å²) < 4.78 is 80.9. The Morgan fingerprint density at radius 3 is 2.07 bits per heavy atom. The van der Waals surface area contributed by atoms with Crippen LogP contribution in [0.4, 0.5) is 26.3 Å². The van der Waals surface area contributed by atoms with E-state index in [0.717, 1.165) is 42.4 Å². The lowest BCUT2D eigenvalue weighted by Gasteiger charge is -2.41. The highest BCUT2D eigenvalue weighted by Crippen LogP contribution is 2.37. The molecule has 41 heavy (non-hydrogen) atoms. The number of benzene rings is 2. The first-order valence-corrected chi connectivity index (χ1v) is 13.9. The molecule has 1 atom stereocenters. The van der Waals surface area contributed by atoms with Crippen molar-refractivity contribution in [2.75, 3.05) is 19.6 Å². The van der Waals surface area contributed by atoms with Gasteiger partial charge in [-0.05, 0) is 80.0 Å². The van der Waals surface area contributed by atoms with Crippen molar-refractivity contribution in [3.8, 4) is 0 Å². The molecule has 2 fully saturated rings. The van der Waals surface area contributed by atoms with Gasteiger partial charge in [0.1, 0.15) is 0 Å². The third-order valence-electron chi connectivity index (χ3n) is 8.09. The third-order valence-corrected chi connectivity index (χ3v) is 8.09. The highest BCUT2D eigenvalue weighted by Gasteiger charge is 2.39. The van der Waals surface area contributed by atoms with Crippen LogP contribution in [0.25, 0.3) is 0 Å². The Balaban J connectivity index is 1.63. The van der Waals surface area contributed by atoms with Crippen LogP contribution in [0.1, 0.15) is 70.3 Å². The van der Waals surface area contributed by atoms with Gasteiger partial charge in [0, 0.05) is 25.2 Å². The van der Waals surface area contributed by atoms with Crippen molar-refractivity contribution in [2.24, 2.45) is 5.92 Å². The molecule has 1 aliphatic heterocycles. The molecular weight excluding hydrogens is 546 g/mol. The van der Waals surface area contributed by atoms with E-state index in [1.165, 1.54) is 11.3 Å². The number of carbonyl (C=O) groups is 2. The minimum Gasteiger partial charge on any atom is -0.335 e. The number of nitrogens with zero attached hydrogens (tertiary/aromatic N) is 2. The minimum atomic E-state index is -5.06. The molecule has 1 heterocycles. The van der Waals surface area contributed by atoms with E-state index in [9.17, 15) is 35.9 Å². The van der Waals surface area contributed by atoms with Gasteiger partial charge in [-0.25, -0.2) is 0 Å². The number of halogens is 6. The molecule has 1 saturated heterocycles. The molecule has 1 aliphatic carbocycles. The van der Waals surface area contributed by atoms with E-state index >= 15 is 0 Å². The van der Waals surface area contributed by atoms with Crippen molar-refractivity contribution < 1.29 is 35.9 Å². The van der Waals surface area contributed by atoms with Crippen LogP contribution in [-0.4, -0.2) is 47.3 Å². The molecule has 4 nitrogen and oxygen atoms in total. The Labute approximate surface area is 236 Å². The standard InChI is InChI=1S/C31H34F6N2O2/c1-20-8-9-23(14-21(20)2)15-27-19-38(28(40)11-10-22-6-4-3-5-7-22)12-13-39(27)29(41)24-16-25(30(32,33)34)18-26(17-24)31(35,36)37/h8-11,14,16-18,22,27H,3-7,12-13,15,19H2,1-2H3. The number of alkyl halides is 6. The fraction of sp³-hybridized carbons (Fsp3) is 0.484. The predicted octanol–water partition coefficient (Wildman–Crippen LogP) is 7.37. The molecule has 2 aromatic rings. The van der Waals surface area contributed by atoms with E-state index in [4.69, 9.17) is 0 Å². The molecule has 2 aromatic carbocycles. The summed E-state index contributed by atoms with van der Waals surface area (Å²) in [6, 6.07) is 6.03. The number of hydrogen-bond acceptors (Lipinski definition) is 2. The number of carbonyl (C=O) groups excluding carboxylic acids is 2. The van der Waals surface area contributed by atoms with Crippen molar-refractivity contribution in [1.82, 2.24) is 9.80 Å². The smallest absolute Gasteiger partial charge is 0.335 e. The van der Waals surface area contributed by atoms with Crippen LogP contribution in [0.15, 0.2) is 48.6 Å². The molecule has 10 heteroatoms. The quantitative estimate of drug-likeness (QED) is 0.274. The highest BCUT2D eigenvalue weighted by atomic mass is 19.4. The summed E-state index contributed by atoms with van der Waals surface area (Å²) in [5.41, 5.74) is -0.853. The van der Waals surface area contributed by atoms with Crippen molar-refractivity contribution in [1.29, 1.82) is 0 Å². The van der Waals surface area contributed by atoms with Crippen molar-refractivity contribution in [3.63, 3.8) is 0 Å². The Morgan fingerprint density at radius 1 is 0.854 bits per heavy atom. The second-order valence-electron chi connectivity index (χ2n) is 11.1. The van der Waals surface area contributed by atoms with Crippen LogP contribution in [0.5, 0.6) is 0 Å². The summed E-state index contributed by atoms with van der Waals surface area (Å²) in [4.78, 5) is 29.5. The van der Waals surface area contributed by atoms with Gasteiger partial charge in [-0.15, -0.1) is 0 Å². The monoisotopic (exact) mass is 580 g/mol. The summed E-state index contributed by atoms with van der Waals surface area (Å²) >= 11 is 0. The Bertz CT molecular complexity index is 1260. The SMILES string of the molecule is Cc1ccc(CC2CN(C(=O)C=CC3CCCCC3)CCN2C(=O)c2cc(C(F)(F)F)cc(C(F)(F)F)c2)cc1C. The third kappa shape index (κ3) is 7.71. The zero-order valence-corrected chi connectivity index (χ0v) is 23.1. The topological polar surface area (TPSA) is 40.6 Å². The molecule has 0 aromatic heterocycles. The number of aryl methyl sites for hydroxylation is 2. The molecule has 1 saturated carbocycles. The van der Waals surface area contributed by atoms with Crippen molar-refractivity contribution in [2.45, 2.75) is 70.8 Å². The molecule has 4 rings (SSSR count). The van der Waals surface area contributed by atoms with Gasteiger partial charge >= 0.3 is 12.4 Å². The first-order chi connectivity index (χ1) is 19.2. The molecule has 0 N–H and O–H groups in total. The van der Waals surface area contributed by atoms with Crippen LogP contribution in [0, 0.1) is 19.8 Å². The first-order valence-electron chi connectivity index (χ1n) is 13.9. The molecule has 2 aliphatic rings. The fourth-order valence-corrected chi connectivity index (χ4v) is 5.59. The molecule has 2 amide bonds. The minimum absolute atomic E-state index is 0.0125. The van der Waals surface area contributed by atoms with Crippen LogP contribution < -0.4 is 0 Å². The Kier molecular flexibility index (Phi) is 9.19. The van der Waals surface area contributed by atoms with Crippen LogP contribution in [0.3, 0.4) is 0 Å². The van der Waals surface area contributed by atoms with Gasteiger partial charge in [0.15, 0.2) is 0 Å². The second kappa shape index (κ2) is 12.3. The lowest BCUT2D eigenvalue weighted by Crippen LogP contribution is -2.57. The van der Waals surface area contributed by atoms with Gasteiger partial charge in [-0.1, -0.05) is 43.5 Å². The average Bonchev–Trinajstić information content (AvgIpc) is 2.92. The fourth-order valence-electron chi connectivity index (χ4n) is 5.59. The number of rotatable bonds is 5. The summed E-state index contributed by atoms with van der Waals surface area (Å²) in [5, 5.41) is 0. The van der Waals surface area contributed by atoms with E-state index in [1.807, 2.05) is 38.1 Å². The first kappa shape index (κ1) is 30.7. The van der Waals surface area contributed by atoms with Crippen LogP contribution in [0.2, 0.25) is 0 Å². The van der Waals surface area contributed by atoms with Crippen LogP contribution in [-0.2, 0) is 23.6 Å². The normalized spacial score (nSPS) is 19.2. The van der Waals surface area contributed by atoms with Gasteiger partial charge in [0.05, 0.1) is 17.2 Å². The molecule has 0 bridgehead atoms. The number of allylic oxidation sites excluding steroid dienone is 1. The predicted molar refractivity (Wildman–Crippen MR) is 143 cm³/mol. The van der Waals surface area contributed by atoms with E-state index in [-0.39, 0.29) is 38.0 Å². The Hall–Kier alpha value is -3.30. The van der Waals surface area contributed by atoms with E-state index in [0.29, 0.717) is 18.1 Å². The number of hydrogen-bond donors (Lipinski definition) is 0. The Morgan fingerprint density at radius 2 is 1.49 bits per heavy atom. The van der Waals surface area contributed by atoms with E-state index in [2.05, 4.69) is 0 Å². The van der Waals surface area contributed by atoms with Crippen molar-refractivity contribution in [3.05, 3.63) is 81.9 Å². The maximum Gasteiger partial charge on any atom is 0.416 e. The highest BCUT2D eigenvalue weighted by molar-refractivity contribution is 5.95. The van der Waals surface area contributed by atoms with E-state index in [1.54, 1.807) is 11.0 Å². The summed E-state index contributed by atoms with van der Waals surface area (Å²) in [7, 11) is 0. The van der Waals surface area contributed by atoms with Gasteiger partial charge in [-0.2, -0.15) is 26.3 Å². The lowest BCUT2D eigenvalue weighted by atomic mass is 9.89. The average molecular weight is 581 g/mol. The van der Waals surface area contributed by atoms with Crippen molar-refractivity contribution >= 4 is 11.8 Å². The second-order valence-corrected chi connectivity index (χ2v) is 11.1. The summed E-state index contributed by atoms with van der Waals surface area (Å²) in [6.07, 6.45) is -0.881.